The summed E-state index contributed by atoms with van der Waals surface area (Å²) in [6.07, 6.45) is -0.932. The molecule has 0 saturated carbocycles. The van der Waals surface area contributed by atoms with E-state index < -0.39 is 36.2 Å². The third-order valence-corrected chi connectivity index (χ3v) is 3.02. The van der Waals surface area contributed by atoms with Crippen molar-refractivity contribution in [1.29, 1.82) is 0 Å². The fourth-order valence-electron chi connectivity index (χ4n) is 1.74. The van der Waals surface area contributed by atoms with E-state index in [0.29, 0.717) is 5.75 Å². The molecule has 6 nitrogen and oxygen atoms in total. The summed E-state index contributed by atoms with van der Waals surface area (Å²) in [5.74, 6) is -2.09. The first-order valence-electron chi connectivity index (χ1n) is 7.34. The van der Waals surface area contributed by atoms with Crippen LogP contribution in [0.2, 0.25) is 0 Å². The number of benzene rings is 2. The number of amides is 2. The number of hydrogen-bond donors (Lipinski definition) is 2. The van der Waals surface area contributed by atoms with Crippen LogP contribution in [0.1, 0.15) is 6.92 Å². The van der Waals surface area contributed by atoms with Gasteiger partial charge in [0.2, 0.25) is 0 Å². The highest BCUT2D eigenvalue weighted by Crippen LogP contribution is 2.15. The number of nitrogens with one attached hydrogen (secondary N) is 2. The molecule has 0 aromatic heterocycles. The number of para-hydroxylation sites is 1. The van der Waals surface area contributed by atoms with Gasteiger partial charge in [-0.2, -0.15) is 0 Å². The van der Waals surface area contributed by atoms with Gasteiger partial charge in [0.05, 0.1) is 0 Å². The van der Waals surface area contributed by atoms with Gasteiger partial charge in [-0.25, -0.2) is 8.78 Å². The Labute approximate surface area is 142 Å². The molecule has 25 heavy (non-hydrogen) atoms. The summed E-state index contributed by atoms with van der Waals surface area (Å²) in [5, 5.41) is 0. The van der Waals surface area contributed by atoms with E-state index in [1.54, 1.807) is 6.07 Å². The molecular formula is C17H16F2N2O4. The molecule has 0 aliphatic rings. The topological polar surface area (TPSA) is 76.7 Å². The Morgan fingerprint density at radius 3 is 2.40 bits per heavy atom. The summed E-state index contributed by atoms with van der Waals surface area (Å²) in [6, 6.07) is 10.8. The van der Waals surface area contributed by atoms with E-state index in [0.717, 1.165) is 0 Å². The molecule has 1 atom stereocenters. The van der Waals surface area contributed by atoms with Crippen molar-refractivity contribution in [1.82, 2.24) is 10.9 Å². The minimum Gasteiger partial charge on any atom is -0.481 e. The lowest BCUT2D eigenvalue weighted by atomic mass is 10.3. The molecular weight excluding hydrogens is 334 g/mol. The van der Waals surface area contributed by atoms with Crippen LogP contribution in [0.3, 0.4) is 0 Å². The van der Waals surface area contributed by atoms with Crippen LogP contribution in [-0.4, -0.2) is 24.5 Å². The lowest BCUT2D eigenvalue weighted by Gasteiger charge is -2.15. The number of hydrogen-bond acceptors (Lipinski definition) is 4. The van der Waals surface area contributed by atoms with E-state index in [1.807, 2.05) is 0 Å². The Hall–Kier alpha value is -3.16. The van der Waals surface area contributed by atoms with Gasteiger partial charge in [0.1, 0.15) is 11.6 Å². The molecule has 2 rings (SSSR count). The van der Waals surface area contributed by atoms with E-state index in [2.05, 4.69) is 10.9 Å². The second-order valence-electron chi connectivity index (χ2n) is 4.97. The molecule has 0 unspecified atom stereocenters. The maximum Gasteiger partial charge on any atom is 0.279 e. The fourth-order valence-corrected chi connectivity index (χ4v) is 1.74. The summed E-state index contributed by atoms with van der Waals surface area (Å²) < 4.78 is 36.4. The first kappa shape index (κ1) is 18.2. The number of halogens is 2. The van der Waals surface area contributed by atoms with Crippen molar-refractivity contribution in [3.8, 4) is 11.5 Å². The number of carbonyl (C=O) groups is 2. The van der Waals surface area contributed by atoms with Gasteiger partial charge in [-0.1, -0.05) is 12.1 Å². The predicted octanol–water partition coefficient (Wildman–Crippen LogP) is 1.96. The van der Waals surface area contributed by atoms with E-state index in [4.69, 9.17) is 9.47 Å². The predicted molar refractivity (Wildman–Crippen MR) is 84.7 cm³/mol. The number of rotatable bonds is 6. The van der Waals surface area contributed by atoms with E-state index in [9.17, 15) is 18.4 Å². The molecule has 0 heterocycles. The minimum atomic E-state index is -0.932. The molecule has 2 amide bonds. The number of hydrazine groups is 1. The van der Waals surface area contributed by atoms with E-state index >= 15 is 0 Å². The normalized spacial score (nSPS) is 11.3. The van der Waals surface area contributed by atoms with Gasteiger partial charge in [-0.05, 0) is 43.3 Å². The molecule has 0 fully saturated rings. The number of carbonyl (C=O) groups excluding carboxylic acids is 2. The highest BCUT2D eigenvalue weighted by atomic mass is 19.1. The van der Waals surface area contributed by atoms with Gasteiger partial charge in [-0.3, -0.25) is 20.4 Å². The molecule has 0 spiro atoms. The van der Waals surface area contributed by atoms with Gasteiger partial charge < -0.3 is 9.47 Å². The molecule has 0 radical (unpaired) electrons. The summed E-state index contributed by atoms with van der Waals surface area (Å²) >= 11 is 0. The zero-order valence-electron chi connectivity index (χ0n) is 13.3. The quantitative estimate of drug-likeness (QED) is 0.781. The first-order valence-corrected chi connectivity index (χ1v) is 7.34. The molecule has 132 valence electrons. The van der Waals surface area contributed by atoms with Crippen molar-refractivity contribution >= 4 is 11.8 Å². The van der Waals surface area contributed by atoms with Gasteiger partial charge >= 0.3 is 0 Å². The highest BCUT2D eigenvalue weighted by Gasteiger charge is 2.15. The van der Waals surface area contributed by atoms with Gasteiger partial charge in [0.25, 0.3) is 11.8 Å². The number of ether oxygens (including phenoxy) is 2. The van der Waals surface area contributed by atoms with Gasteiger partial charge in [0.15, 0.2) is 24.3 Å². The minimum absolute atomic E-state index is 0.0722. The molecule has 0 aliphatic heterocycles. The smallest absolute Gasteiger partial charge is 0.279 e. The van der Waals surface area contributed by atoms with Crippen molar-refractivity contribution in [2.45, 2.75) is 13.0 Å². The highest BCUT2D eigenvalue weighted by molar-refractivity contribution is 5.85. The summed E-state index contributed by atoms with van der Waals surface area (Å²) in [5.41, 5.74) is 4.28. The Morgan fingerprint density at radius 2 is 1.72 bits per heavy atom. The summed E-state index contributed by atoms with van der Waals surface area (Å²) in [4.78, 5) is 23.4. The van der Waals surface area contributed by atoms with Crippen LogP contribution in [0.5, 0.6) is 11.5 Å². The van der Waals surface area contributed by atoms with E-state index in [1.165, 1.54) is 49.4 Å². The molecule has 8 heteroatoms. The Bertz CT molecular complexity index is 738. The van der Waals surface area contributed by atoms with Crippen molar-refractivity contribution in [2.24, 2.45) is 0 Å². The standard InChI is InChI=1S/C17H16F2N2O4/c1-11(25-13-8-6-12(18)7-9-13)17(23)21-20-16(22)10-24-15-5-3-2-4-14(15)19/h2-9,11H,10H2,1H3,(H,20,22)(H,21,23)/t11-/m1/s1. The van der Waals surface area contributed by atoms with Crippen molar-refractivity contribution in [3.05, 3.63) is 60.2 Å². The second kappa shape index (κ2) is 8.62. The van der Waals surface area contributed by atoms with Gasteiger partial charge in [0, 0.05) is 0 Å². The van der Waals surface area contributed by atoms with Crippen molar-refractivity contribution < 1.29 is 27.8 Å². The molecule has 2 N–H and O–H groups in total. The third-order valence-electron chi connectivity index (χ3n) is 3.02. The Kier molecular flexibility index (Phi) is 6.27. The van der Waals surface area contributed by atoms with Crippen molar-refractivity contribution in [3.63, 3.8) is 0 Å². The summed E-state index contributed by atoms with van der Waals surface area (Å²) in [6.45, 7) is 0.981. The maximum atomic E-state index is 13.3. The van der Waals surface area contributed by atoms with E-state index in [-0.39, 0.29) is 5.75 Å². The van der Waals surface area contributed by atoms with Crippen LogP contribution in [0.15, 0.2) is 48.5 Å². The molecule has 0 saturated heterocycles. The SMILES string of the molecule is C[C@@H](Oc1ccc(F)cc1)C(=O)NNC(=O)COc1ccccc1F. The lowest BCUT2D eigenvalue weighted by molar-refractivity contribution is -0.133. The largest absolute Gasteiger partial charge is 0.481 e. The molecule has 2 aromatic rings. The average Bonchev–Trinajstić information content (AvgIpc) is 2.60. The Morgan fingerprint density at radius 1 is 1.04 bits per heavy atom. The molecule has 0 aliphatic carbocycles. The fraction of sp³-hybridized carbons (Fsp3) is 0.176. The average molecular weight is 350 g/mol. The monoisotopic (exact) mass is 350 g/mol. The van der Waals surface area contributed by atoms with Crippen LogP contribution < -0.4 is 20.3 Å². The zero-order chi connectivity index (χ0) is 18.2. The summed E-state index contributed by atoms with van der Waals surface area (Å²) in [7, 11) is 0. The van der Waals surface area contributed by atoms with Crippen LogP contribution >= 0.6 is 0 Å². The van der Waals surface area contributed by atoms with Gasteiger partial charge in [-0.15, -0.1) is 0 Å². The van der Waals surface area contributed by atoms with Crippen LogP contribution in [0.25, 0.3) is 0 Å². The lowest BCUT2D eigenvalue weighted by Crippen LogP contribution is -2.48. The third kappa shape index (κ3) is 5.76. The maximum absolute atomic E-state index is 13.3. The van der Waals surface area contributed by atoms with Crippen LogP contribution in [-0.2, 0) is 9.59 Å². The zero-order valence-corrected chi connectivity index (χ0v) is 13.3. The first-order chi connectivity index (χ1) is 12.0. The van der Waals surface area contributed by atoms with Crippen LogP contribution in [0.4, 0.5) is 8.78 Å². The Balaban J connectivity index is 1.74. The second-order valence-corrected chi connectivity index (χ2v) is 4.97. The van der Waals surface area contributed by atoms with Crippen LogP contribution in [0, 0.1) is 11.6 Å². The molecule has 0 bridgehead atoms. The van der Waals surface area contributed by atoms with Crippen molar-refractivity contribution in [2.75, 3.05) is 6.61 Å². The molecule has 2 aromatic carbocycles.